The fourth-order valence-corrected chi connectivity index (χ4v) is 4.12. The Bertz CT molecular complexity index is 1380. The molecule has 0 N–H and O–H groups in total. The van der Waals surface area contributed by atoms with Crippen molar-refractivity contribution in [3.63, 3.8) is 0 Å². The summed E-state index contributed by atoms with van der Waals surface area (Å²) in [6, 6.07) is 19.7. The van der Waals surface area contributed by atoms with E-state index in [2.05, 4.69) is 0 Å². The minimum absolute atomic E-state index is 0.202. The van der Waals surface area contributed by atoms with Crippen LogP contribution in [0, 0.1) is 12.7 Å². The Morgan fingerprint density at radius 2 is 1.74 bits per heavy atom. The summed E-state index contributed by atoms with van der Waals surface area (Å²) < 4.78 is 20.3. The van der Waals surface area contributed by atoms with Gasteiger partial charge in [0.05, 0.1) is 22.6 Å². The molecule has 0 fully saturated rings. The second kappa shape index (κ2) is 10.6. The Morgan fingerprint density at radius 3 is 2.43 bits per heavy atom. The van der Waals surface area contributed by atoms with E-state index in [1.165, 1.54) is 24.3 Å². The summed E-state index contributed by atoms with van der Waals surface area (Å²) in [6.45, 7) is 4.68. The molecule has 1 unspecified atom stereocenters. The van der Waals surface area contributed by atoms with E-state index in [1.54, 1.807) is 28.7 Å². The van der Waals surface area contributed by atoms with Crippen molar-refractivity contribution in [2.75, 3.05) is 20.3 Å². The summed E-state index contributed by atoms with van der Waals surface area (Å²) in [5.41, 5.74) is 2.46. The van der Waals surface area contributed by atoms with Crippen molar-refractivity contribution < 1.29 is 13.9 Å². The molecule has 0 spiro atoms. The Balaban J connectivity index is 1.87. The maximum Gasteiger partial charge on any atom is 0.266 e. The lowest BCUT2D eigenvalue weighted by molar-refractivity contribution is 0.0657. The molecule has 6 nitrogen and oxygen atoms in total. The monoisotopic (exact) mass is 473 g/mol. The van der Waals surface area contributed by atoms with Crippen LogP contribution in [-0.2, 0) is 4.74 Å². The first-order valence-electron chi connectivity index (χ1n) is 11.5. The number of halogens is 1. The molecule has 1 heterocycles. The van der Waals surface area contributed by atoms with Crippen LogP contribution in [0.25, 0.3) is 16.6 Å². The van der Waals surface area contributed by atoms with Gasteiger partial charge in [-0.2, -0.15) is 0 Å². The van der Waals surface area contributed by atoms with Crippen LogP contribution in [0.4, 0.5) is 4.39 Å². The summed E-state index contributed by atoms with van der Waals surface area (Å²) in [5.74, 6) is -0.234. The van der Waals surface area contributed by atoms with E-state index in [0.29, 0.717) is 47.6 Å². The lowest BCUT2D eigenvalue weighted by atomic mass is 10.1. The van der Waals surface area contributed by atoms with Crippen molar-refractivity contribution >= 4 is 16.8 Å². The van der Waals surface area contributed by atoms with E-state index in [0.717, 1.165) is 5.56 Å². The number of fused-ring (bicyclic) bond motifs is 1. The summed E-state index contributed by atoms with van der Waals surface area (Å²) in [7, 11) is 1.61. The second-order valence-electron chi connectivity index (χ2n) is 8.49. The summed E-state index contributed by atoms with van der Waals surface area (Å²) in [6.07, 6.45) is 0.593. The molecule has 0 saturated heterocycles. The van der Waals surface area contributed by atoms with Gasteiger partial charge in [0.1, 0.15) is 11.6 Å². The van der Waals surface area contributed by atoms with Crippen LogP contribution in [0.1, 0.15) is 41.1 Å². The number of aryl methyl sites for hydroxylation is 1. The van der Waals surface area contributed by atoms with Gasteiger partial charge in [-0.1, -0.05) is 29.8 Å². The smallest absolute Gasteiger partial charge is 0.266 e. The number of hydrogen-bond acceptors (Lipinski definition) is 4. The number of amides is 1. The number of carbonyl (C=O) groups excluding carboxylic acids is 1. The van der Waals surface area contributed by atoms with Gasteiger partial charge >= 0.3 is 0 Å². The number of para-hydroxylation sites is 1. The van der Waals surface area contributed by atoms with Crippen LogP contribution in [0.5, 0.6) is 0 Å². The number of carbonyl (C=O) groups is 1. The van der Waals surface area contributed by atoms with Crippen molar-refractivity contribution in [3.8, 4) is 5.69 Å². The van der Waals surface area contributed by atoms with Crippen LogP contribution in [0.15, 0.2) is 77.6 Å². The van der Waals surface area contributed by atoms with Crippen molar-refractivity contribution in [3.05, 3.63) is 106 Å². The molecule has 0 aliphatic carbocycles. The number of aromatic nitrogens is 2. The maximum atomic E-state index is 13.7. The molecular weight excluding hydrogens is 445 g/mol. The average molecular weight is 474 g/mol. The molecule has 7 heteroatoms. The molecule has 0 aliphatic rings. The van der Waals surface area contributed by atoms with E-state index in [1.807, 2.05) is 50.2 Å². The molecular formula is C28H28FN3O3. The fraction of sp³-hybridized carbons (Fsp3) is 0.250. The molecule has 3 aromatic carbocycles. The predicted octanol–water partition coefficient (Wildman–Crippen LogP) is 5.07. The standard InChI is InChI=1S/C28H28FN3O3/c1-19-9-15-23(16-10-19)32-26(30-25-8-5-4-7-24(25)28(32)34)20(2)31(17-6-18-35-3)27(33)21-11-13-22(29)14-12-21/h4-5,7-16,20H,6,17-18H2,1-3H3. The van der Waals surface area contributed by atoms with E-state index < -0.39 is 11.9 Å². The summed E-state index contributed by atoms with van der Waals surface area (Å²) >= 11 is 0. The van der Waals surface area contributed by atoms with Crippen molar-refractivity contribution in [2.24, 2.45) is 0 Å². The van der Waals surface area contributed by atoms with E-state index in [4.69, 9.17) is 9.72 Å². The molecule has 4 aromatic rings. The molecule has 0 aliphatic heterocycles. The quantitative estimate of drug-likeness (QED) is 0.335. The lowest BCUT2D eigenvalue weighted by Crippen LogP contribution is -2.38. The highest BCUT2D eigenvalue weighted by molar-refractivity contribution is 5.94. The van der Waals surface area contributed by atoms with Crippen molar-refractivity contribution in [1.82, 2.24) is 14.5 Å². The van der Waals surface area contributed by atoms with E-state index in [9.17, 15) is 14.0 Å². The highest BCUT2D eigenvalue weighted by Crippen LogP contribution is 2.25. The number of rotatable bonds is 8. The van der Waals surface area contributed by atoms with Gasteiger partial charge in [-0.05, 0) is 68.8 Å². The number of ether oxygens (including phenoxy) is 1. The minimum atomic E-state index is -0.553. The molecule has 1 amide bonds. The number of nitrogens with zero attached hydrogens (tertiary/aromatic N) is 3. The molecule has 1 aromatic heterocycles. The SMILES string of the molecule is COCCCN(C(=O)c1ccc(F)cc1)C(C)c1nc2ccccc2c(=O)n1-c1ccc(C)cc1. The topological polar surface area (TPSA) is 64.4 Å². The van der Waals surface area contributed by atoms with E-state index >= 15 is 0 Å². The largest absolute Gasteiger partial charge is 0.385 e. The first-order valence-corrected chi connectivity index (χ1v) is 11.5. The zero-order valence-electron chi connectivity index (χ0n) is 20.1. The Labute approximate surface area is 203 Å². The highest BCUT2D eigenvalue weighted by atomic mass is 19.1. The number of benzene rings is 3. The van der Waals surface area contributed by atoms with Gasteiger partial charge in [-0.25, -0.2) is 9.37 Å². The van der Waals surface area contributed by atoms with Crippen LogP contribution >= 0.6 is 0 Å². The third-order valence-electron chi connectivity index (χ3n) is 6.03. The molecule has 0 radical (unpaired) electrons. The predicted molar refractivity (Wildman–Crippen MR) is 134 cm³/mol. The van der Waals surface area contributed by atoms with Crippen molar-refractivity contribution in [2.45, 2.75) is 26.3 Å². The fourth-order valence-electron chi connectivity index (χ4n) is 4.12. The summed E-state index contributed by atoms with van der Waals surface area (Å²) in [5, 5.41) is 0.500. The van der Waals surface area contributed by atoms with Gasteiger partial charge in [0.2, 0.25) is 0 Å². The molecule has 180 valence electrons. The normalized spacial score (nSPS) is 12.0. The first-order chi connectivity index (χ1) is 16.9. The van der Waals surface area contributed by atoms with Gasteiger partial charge in [0, 0.05) is 25.8 Å². The molecule has 4 rings (SSSR count). The third-order valence-corrected chi connectivity index (χ3v) is 6.03. The second-order valence-corrected chi connectivity index (χ2v) is 8.49. The Kier molecular flexibility index (Phi) is 7.36. The number of methoxy groups -OCH3 is 1. The highest BCUT2D eigenvalue weighted by Gasteiger charge is 2.27. The number of hydrogen-bond donors (Lipinski definition) is 0. The maximum absolute atomic E-state index is 13.7. The van der Waals surface area contributed by atoms with Gasteiger partial charge < -0.3 is 9.64 Å². The third kappa shape index (κ3) is 5.15. The molecule has 0 saturated carbocycles. The summed E-state index contributed by atoms with van der Waals surface area (Å²) in [4.78, 5) is 33.7. The van der Waals surface area contributed by atoms with Gasteiger partial charge in [0.25, 0.3) is 11.5 Å². The van der Waals surface area contributed by atoms with E-state index in [-0.39, 0.29) is 11.5 Å². The zero-order valence-corrected chi connectivity index (χ0v) is 20.1. The Morgan fingerprint density at radius 1 is 1.06 bits per heavy atom. The lowest BCUT2D eigenvalue weighted by Gasteiger charge is -2.30. The minimum Gasteiger partial charge on any atom is -0.385 e. The van der Waals surface area contributed by atoms with Crippen molar-refractivity contribution in [1.29, 1.82) is 0 Å². The Hall–Kier alpha value is -3.84. The molecule has 1 atom stereocenters. The molecule has 0 bridgehead atoms. The van der Waals surface area contributed by atoms with Gasteiger partial charge in [-0.15, -0.1) is 0 Å². The average Bonchev–Trinajstić information content (AvgIpc) is 2.87. The van der Waals surface area contributed by atoms with Crippen LogP contribution < -0.4 is 5.56 Å². The van der Waals surface area contributed by atoms with Gasteiger partial charge in [0.15, 0.2) is 0 Å². The zero-order chi connectivity index (χ0) is 24.9. The van der Waals surface area contributed by atoms with Crippen LogP contribution in [-0.4, -0.2) is 40.6 Å². The first kappa shape index (κ1) is 24.3. The van der Waals surface area contributed by atoms with Crippen LogP contribution in [0.3, 0.4) is 0 Å². The van der Waals surface area contributed by atoms with Crippen LogP contribution in [0.2, 0.25) is 0 Å². The van der Waals surface area contributed by atoms with Gasteiger partial charge in [-0.3, -0.25) is 14.2 Å². The molecule has 35 heavy (non-hydrogen) atoms.